The lowest BCUT2D eigenvalue weighted by molar-refractivity contribution is 0.101. The van der Waals surface area contributed by atoms with Crippen LogP contribution in [0, 0.1) is 24.4 Å². The van der Waals surface area contributed by atoms with Gasteiger partial charge in [-0.05, 0) is 24.6 Å². The summed E-state index contributed by atoms with van der Waals surface area (Å²) in [5, 5.41) is 0.159. The van der Waals surface area contributed by atoms with Crippen molar-refractivity contribution in [1.82, 2.24) is 4.98 Å². The summed E-state index contributed by atoms with van der Waals surface area (Å²) in [5.74, 6) is -4.58. The Morgan fingerprint density at radius 2 is 1.82 bits per heavy atom. The monoisotopic (exact) mass is 239 g/mol. The first-order valence-corrected chi connectivity index (χ1v) is 4.87. The fraction of sp³-hybridized carbons (Fsp3) is 0.167. The summed E-state index contributed by atoms with van der Waals surface area (Å²) in [6, 6.07) is 2.29. The number of aromatic nitrogens is 1. The highest BCUT2D eigenvalue weighted by Gasteiger charge is 2.17. The van der Waals surface area contributed by atoms with Crippen LogP contribution in [0.5, 0.6) is 0 Å². The van der Waals surface area contributed by atoms with Crippen molar-refractivity contribution in [3.8, 4) is 0 Å². The van der Waals surface area contributed by atoms with Crippen LogP contribution in [0.1, 0.15) is 23.0 Å². The van der Waals surface area contributed by atoms with Crippen LogP contribution >= 0.6 is 0 Å². The topological polar surface area (TPSA) is 30.0 Å². The number of Topliss-reactive ketones (excluding diaryl/α,β-unsaturated/α-hetero) is 1. The number of ketones is 1. The lowest BCUT2D eigenvalue weighted by atomic mass is 10.1. The maximum absolute atomic E-state index is 13.5. The molecule has 2 rings (SSSR count). The van der Waals surface area contributed by atoms with Gasteiger partial charge in [0.15, 0.2) is 23.2 Å². The van der Waals surface area contributed by atoms with Crippen LogP contribution in [-0.4, -0.2) is 10.8 Å². The van der Waals surface area contributed by atoms with E-state index in [4.69, 9.17) is 0 Å². The highest BCUT2D eigenvalue weighted by molar-refractivity contribution is 5.95. The van der Waals surface area contributed by atoms with Crippen molar-refractivity contribution in [2.75, 3.05) is 0 Å². The van der Waals surface area contributed by atoms with Gasteiger partial charge in [0.05, 0.1) is 0 Å². The van der Waals surface area contributed by atoms with Crippen LogP contribution in [0.4, 0.5) is 13.2 Å². The lowest BCUT2D eigenvalue weighted by Crippen LogP contribution is -2.02. The molecule has 0 atom stereocenters. The van der Waals surface area contributed by atoms with Crippen molar-refractivity contribution in [3.05, 3.63) is 40.8 Å². The molecule has 0 aliphatic rings. The quantitative estimate of drug-likeness (QED) is 0.565. The van der Waals surface area contributed by atoms with Gasteiger partial charge < -0.3 is 0 Å². The molecule has 5 heteroatoms. The summed E-state index contributed by atoms with van der Waals surface area (Å²) in [4.78, 5) is 14.9. The van der Waals surface area contributed by atoms with E-state index in [9.17, 15) is 18.0 Å². The second-order valence-corrected chi connectivity index (χ2v) is 3.76. The Morgan fingerprint density at radius 3 is 2.41 bits per heavy atom. The molecule has 1 aromatic heterocycles. The zero-order valence-electron chi connectivity index (χ0n) is 9.14. The Bertz CT molecular complexity index is 637. The van der Waals surface area contributed by atoms with Gasteiger partial charge in [-0.3, -0.25) is 4.79 Å². The van der Waals surface area contributed by atoms with Gasteiger partial charge in [0.25, 0.3) is 0 Å². The Labute approximate surface area is 95.1 Å². The first kappa shape index (κ1) is 11.6. The molecule has 0 aliphatic carbocycles. The van der Waals surface area contributed by atoms with Gasteiger partial charge in [-0.25, -0.2) is 18.2 Å². The molecule has 1 heterocycles. The van der Waals surface area contributed by atoms with E-state index in [1.807, 2.05) is 0 Å². The minimum Gasteiger partial charge on any atom is -0.293 e. The highest BCUT2D eigenvalue weighted by Crippen LogP contribution is 2.24. The second-order valence-electron chi connectivity index (χ2n) is 3.76. The van der Waals surface area contributed by atoms with E-state index < -0.39 is 17.5 Å². The van der Waals surface area contributed by atoms with Gasteiger partial charge in [-0.2, -0.15) is 0 Å². The van der Waals surface area contributed by atoms with Gasteiger partial charge in [0.1, 0.15) is 11.2 Å². The highest BCUT2D eigenvalue weighted by atomic mass is 19.2. The van der Waals surface area contributed by atoms with Gasteiger partial charge in [-0.1, -0.05) is 0 Å². The molecule has 17 heavy (non-hydrogen) atoms. The molecule has 0 spiro atoms. The van der Waals surface area contributed by atoms with Crippen LogP contribution in [0.2, 0.25) is 0 Å². The number of hydrogen-bond acceptors (Lipinski definition) is 2. The average molecular weight is 239 g/mol. The third kappa shape index (κ3) is 1.77. The first-order chi connectivity index (χ1) is 7.91. The van der Waals surface area contributed by atoms with Gasteiger partial charge in [-0.15, -0.1) is 0 Å². The van der Waals surface area contributed by atoms with E-state index in [-0.39, 0.29) is 22.4 Å². The molecule has 2 nitrogen and oxygen atoms in total. The number of fused-ring (bicyclic) bond motifs is 1. The summed E-state index contributed by atoms with van der Waals surface area (Å²) in [6.07, 6.45) is 0. The molecule has 0 fully saturated rings. The summed E-state index contributed by atoms with van der Waals surface area (Å²) in [6.45, 7) is 2.85. The van der Waals surface area contributed by atoms with Crippen molar-refractivity contribution in [1.29, 1.82) is 0 Å². The average Bonchev–Trinajstić information content (AvgIpc) is 2.27. The van der Waals surface area contributed by atoms with Crippen molar-refractivity contribution in [2.45, 2.75) is 13.8 Å². The van der Waals surface area contributed by atoms with E-state index >= 15 is 0 Å². The van der Waals surface area contributed by atoms with Crippen LogP contribution in [0.15, 0.2) is 12.1 Å². The Balaban J connectivity index is 2.92. The summed E-state index contributed by atoms with van der Waals surface area (Å²) in [5.41, 5.74) is 0.173. The number of rotatable bonds is 1. The normalized spacial score (nSPS) is 10.9. The van der Waals surface area contributed by atoms with Crippen molar-refractivity contribution in [2.24, 2.45) is 0 Å². The van der Waals surface area contributed by atoms with E-state index in [2.05, 4.69) is 4.98 Å². The molecule has 0 amide bonds. The Morgan fingerprint density at radius 1 is 1.18 bits per heavy atom. The number of carbonyl (C=O) groups excluding carboxylic acids is 1. The Kier molecular flexibility index (Phi) is 2.61. The van der Waals surface area contributed by atoms with Gasteiger partial charge in [0, 0.05) is 12.3 Å². The molecular weight excluding hydrogens is 231 g/mol. The van der Waals surface area contributed by atoms with E-state index in [0.29, 0.717) is 5.56 Å². The number of pyridine rings is 1. The first-order valence-electron chi connectivity index (χ1n) is 4.87. The van der Waals surface area contributed by atoms with Crippen LogP contribution in [0.3, 0.4) is 0 Å². The third-order valence-corrected chi connectivity index (χ3v) is 2.51. The summed E-state index contributed by atoms with van der Waals surface area (Å²) < 4.78 is 39.6. The van der Waals surface area contributed by atoms with E-state index in [1.165, 1.54) is 13.0 Å². The number of benzene rings is 1. The molecule has 0 unspecified atom stereocenters. The number of carbonyl (C=O) groups is 1. The van der Waals surface area contributed by atoms with Crippen LogP contribution < -0.4 is 0 Å². The standard InChI is InChI=1S/C12H8F3NO/c1-5-3-9(6(2)17)16-12-7(5)4-8(13)10(14)11(12)15/h3-4H,1-2H3. The van der Waals surface area contributed by atoms with E-state index in [1.54, 1.807) is 6.92 Å². The Hall–Kier alpha value is -1.91. The van der Waals surface area contributed by atoms with Crippen molar-refractivity contribution < 1.29 is 18.0 Å². The fourth-order valence-electron chi connectivity index (χ4n) is 1.61. The maximum atomic E-state index is 13.5. The third-order valence-electron chi connectivity index (χ3n) is 2.51. The molecule has 0 bridgehead atoms. The smallest absolute Gasteiger partial charge is 0.196 e. The molecule has 0 saturated carbocycles. The zero-order valence-corrected chi connectivity index (χ0v) is 9.14. The predicted molar refractivity (Wildman–Crippen MR) is 56.4 cm³/mol. The van der Waals surface area contributed by atoms with Crippen molar-refractivity contribution in [3.63, 3.8) is 0 Å². The predicted octanol–water partition coefficient (Wildman–Crippen LogP) is 3.16. The molecule has 0 saturated heterocycles. The lowest BCUT2D eigenvalue weighted by Gasteiger charge is -2.06. The number of hydrogen-bond donors (Lipinski definition) is 0. The van der Waals surface area contributed by atoms with E-state index in [0.717, 1.165) is 6.07 Å². The van der Waals surface area contributed by atoms with Crippen LogP contribution in [-0.2, 0) is 0 Å². The van der Waals surface area contributed by atoms with Gasteiger partial charge in [0.2, 0.25) is 0 Å². The number of nitrogens with zero attached hydrogens (tertiary/aromatic N) is 1. The summed E-state index contributed by atoms with van der Waals surface area (Å²) >= 11 is 0. The molecular formula is C12H8F3NO. The number of aryl methyl sites for hydroxylation is 1. The maximum Gasteiger partial charge on any atom is 0.196 e. The molecule has 88 valence electrons. The molecule has 0 radical (unpaired) electrons. The largest absolute Gasteiger partial charge is 0.293 e. The zero-order chi connectivity index (χ0) is 12.7. The summed E-state index contributed by atoms with van der Waals surface area (Å²) in [7, 11) is 0. The fourth-order valence-corrected chi connectivity index (χ4v) is 1.61. The number of halogens is 3. The molecule has 0 aliphatic heterocycles. The van der Waals surface area contributed by atoms with Gasteiger partial charge >= 0.3 is 0 Å². The van der Waals surface area contributed by atoms with Crippen LogP contribution in [0.25, 0.3) is 10.9 Å². The second kappa shape index (κ2) is 3.84. The minimum absolute atomic E-state index is 0.0277. The molecule has 2 aromatic rings. The van der Waals surface area contributed by atoms with Crippen molar-refractivity contribution >= 4 is 16.7 Å². The molecule has 1 aromatic carbocycles. The molecule has 0 N–H and O–H groups in total. The minimum atomic E-state index is -1.58. The SMILES string of the molecule is CC(=O)c1cc(C)c2cc(F)c(F)c(F)c2n1.